The van der Waals surface area contributed by atoms with Crippen molar-refractivity contribution in [1.82, 2.24) is 24.8 Å². The van der Waals surface area contributed by atoms with Gasteiger partial charge in [0.05, 0.1) is 30.5 Å². The Morgan fingerprint density at radius 2 is 1.90 bits per heavy atom. The lowest BCUT2D eigenvalue weighted by molar-refractivity contribution is -0.0365. The Bertz CT molecular complexity index is 1010. The maximum atomic E-state index is 6.17. The minimum Gasteiger partial charge on any atom is -0.491 e. The van der Waals surface area contributed by atoms with Crippen LogP contribution in [0.15, 0.2) is 24.4 Å². The maximum Gasteiger partial charge on any atom is 0.150 e. The van der Waals surface area contributed by atoms with Crippen molar-refractivity contribution in [3.63, 3.8) is 0 Å². The fourth-order valence-electron chi connectivity index (χ4n) is 4.13. The number of fused-ring (bicyclic) bond motifs is 4. The van der Waals surface area contributed by atoms with Gasteiger partial charge in [0.15, 0.2) is 6.23 Å². The second-order valence-corrected chi connectivity index (χ2v) is 8.31. The lowest BCUT2D eigenvalue weighted by atomic mass is 10.1. The highest BCUT2D eigenvalue weighted by Gasteiger charge is 2.24. The molecule has 0 spiro atoms. The average molecular weight is 412 g/mol. The third-order valence-corrected chi connectivity index (χ3v) is 5.94. The van der Waals surface area contributed by atoms with Gasteiger partial charge in [-0.15, -0.1) is 0 Å². The lowest BCUT2D eigenvalue weighted by Gasteiger charge is -2.23. The number of aromatic nitrogens is 5. The van der Waals surface area contributed by atoms with E-state index < -0.39 is 0 Å². The third-order valence-electron chi connectivity index (χ3n) is 5.94. The zero-order chi connectivity index (χ0) is 20.5. The molecule has 8 heteroatoms. The van der Waals surface area contributed by atoms with Gasteiger partial charge in [0.25, 0.3) is 0 Å². The van der Waals surface area contributed by atoms with Gasteiger partial charge in [-0.2, -0.15) is 20.1 Å². The van der Waals surface area contributed by atoms with E-state index in [1.54, 1.807) is 11.0 Å². The van der Waals surface area contributed by atoms with Crippen LogP contribution in [0.4, 0.5) is 0 Å². The molecule has 2 aliphatic heterocycles. The Hall–Kier alpha value is -2.45. The van der Waals surface area contributed by atoms with E-state index in [1.165, 1.54) is 0 Å². The molecule has 2 aliphatic rings. The van der Waals surface area contributed by atoms with Gasteiger partial charge in [0, 0.05) is 25.0 Å². The normalized spacial score (nSPS) is 25.6. The molecule has 8 nitrogen and oxygen atoms in total. The first-order valence-corrected chi connectivity index (χ1v) is 11.0. The van der Waals surface area contributed by atoms with Crippen molar-refractivity contribution in [3.05, 3.63) is 24.4 Å². The van der Waals surface area contributed by atoms with Crippen LogP contribution in [-0.4, -0.2) is 50.7 Å². The summed E-state index contributed by atoms with van der Waals surface area (Å²) < 4.78 is 20.0. The number of hydrogen-bond acceptors (Lipinski definition) is 6. The predicted molar refractivity (Wildman–Crippen MR) is 112 cm³/mol. The van der Waals surface area contributed by atoms with Crippen molar-refractivity contribution < 1.29 is 14.2 Å². The van der Waals surface area contributed by atoms with Crippen LogP contribution in [0.5, 0.6) is 5.75 Å². The highest BCUT2D eigenvalue weighted by atomic mass is 16.5. The Labute approximate surface area is 176 Å². The number of rotatable bonds is 1. The standard InChI is InChI=1S/C22H29N5O3/c1-15-8-11-28-12-9-16(2)30-17-6-7-20-18(13-17)22(19-14-23-27(15)24-19)25-26(20)21-5-3-4-10-29-21/h6-7,13-16,21H,3-5,8-12H2,1-2H3/t15-,16-,21?/m1/s1. The van der Waals surface area contributed by atoms with E-state index in [9.17, 15) is 0 Å². The fourth-order valence-corrected chi connectivity index (χ4v) is 4.13. The van der Waals surface area contributed by atoms with E-state index in [2.05, 4.69) is 31.1 Å². The van der Waals surface area contributed by atoms with E-state index in [0.717, 1.165) is 66.8 Å². The van der Waals surface area contributed by atoms with Gasteiger partial charge >= 0.3 is 0 Å². The zero-order valence-corrected chi connectivity index (χ0v) is 17.7. The maximum absolute atomic E-state index is 6.17. The molecule has 3 aromatic rings. The summed E-state index contributed by atoms with van der Waals surface area (Å²) in [4.78, 5) is 1.77. The van der Waals surface area contributed by atoms with Gasteiger partial charge in [-0.3, -0.25) is 0 Å². The zero-order valence-electron chi connectivity index (χ0n) is 17.7. The highest BCUT2D eigenvalue weighted by molar-refractivity contribution is 5.93. The SMILES string of the molecule is C[C@@H]1CCOCC[C@@H](C)n2ncc(n2)-c2nn(C3CCCCO3)c3ccc(cc23)O1. The molecule has 2 aromatic heterocycles. The van der Waals surface area contributed by atoms with Crippen LogP contribution in [-0.2, 0) is 9.47 Å². The molecule has 1 fully saturated rings. The minimum atomic E-state index is -0.0441. The van der Waals surface area contributed by atoms with Crippen molar-refractivity contribution in [2.24, 2.45) is 0 Å². The minimum absolute atomic E-state index is 0.0441. The van der Waals surface area contributed by atoms with Crippen LogP contribution in [0.1, 0.15) is 58.2 Å². The van der Waals surface area contributed by atoms with Gasteiger partial charge in [-0.25, -0.2) is 4.68 Å². The molecule has 0 amide bonds. The van der Waals surface area contributed by atoms with Crippen LogP contribution in [0, 0.1) is 0 Å². The molecular weight excluding hydrogens is 382 g/mol. The molecule has 1 saturated heterocycles. The second-order valence-electron chi connectivity index (χ2n) is 8.31. The molecule has 0 saturated carbocycles. The van der Waals surface area contributed by atoms with Crippen molar-refractivity contribution in [3.8, 4) is 17.1 Å². The predicted octanol–water partition coefficient (Wildman–Crippen LogP) is 4.13. The van der Waals surface area contributed by atoms with E-state index in [1.807, 2.05) is 10.7 Å². The summed E-state index contributed by atoms with van der Waals surface area (Å²) in [7, 11) is 0. The van der Waals surface area contributed by atoms with Crippen LogP contribution in [0.25, 0.3) is 22.3 Å². The van der Waals surface area contributed by atoms with Gasteiger partial charge in [-0.05, 0) is 57.7 Å². The fraction of sp³-hybridized carbons (Fsp3) is 0.591. The van der Waals surface area contributed by atoms with E-state index >= 15 is 0 Å². The first-order chi connectivity index (χ1) is 14.7. The molecule has 5 rings (SSSR count). The Balaban J connectivity index is 1.61. The molecular formula is C22H29N5O3. The van der Waals surface area contributed by atoms with Gasteiger partial charge in [0.2, 0.25) is 0 Å². The first kappa shape index (κ1) is 19.5. The summed E-state index contributed by atoms with van der Waals surface area (Å²) in [6, 6.07) is 6.31. The molecule has 30 heavy (non-hydrogen) atoms. The molecule has 4 heterocycles. The number of nitrogens with zero attached hydrogens (tertiary/aromatic N) is 5. The monoisotopic (exact) mass is 411 g/mol. The summed E-state index contributed by atoms with van der Waals surface area (Å²) in [5, 5.41) is 15.2. The summed E-state index contributed by atoms with van der Waals surface area (Å²) in [5.74, 6) is 0.830. The van der Waals surface area contributed by atoms with Crippen LogP contribution in [0.2, 0.25) is 0 Å². The Morgan fingerprint density at radius 3 is 2.77 bits per heavy atom. The summed E-state index contributed by atoms with van der Waals surface area (Å²) in [6.45, 7) is 6.32. The molecule has 0 aliphatic carbocycles. The van der Waals surface area contributed by atoms with Crippen molar-refractivity contribution in [1.29, 1.82) is 0 Å². The summed E-state index contributed by atoms with van der Waals surface area (Å²) >= 11 is 0. The van der Waals surface area contributed by atoms with Crippen molar-refractivity contribution in [2.75, 3.05) is 19.8 Å². The largest absolute Gasteiger partial charge is 0.491 e. The van der Waals surface area contributed by atoms with Crippen LogP contribution >= 0.6 is 0 Å². The molecule has 1 aromatic carbocycles. The number of hydrogen-bond donors (Lipinski definition) is 0. The van der Waals surface area contributed by atoms with Crippen molar-refractivity contribution >= 4 is 10.9 Å². The number of ether oxygens (including phenoxy) is 3. The molecule has 0 radical (unpaired) electrons. The number of benzene rings is 1. The smallest absolute Gasteiger partial charge is 0.150 e. The van der Waals surface area contributed by atoms with E-state index in [0.29, 0.717) is 13.2 Å². The van der Waals surface area contributed by atoms with E-state index in [-0.39, 0.29) is 18.4 Å². The van der Waals surface area contributed by atoms with Gasteiger partial charge in [-0.1, -0.05) is 0 Å². The lowest BCUT2D eigenvalue weighted by Crippen LogP contribution is -2.19. The first-order valence-electron chi connectivity index (χ1n) is 11.0. The topological polar surface area (TPSA) is 76.2 Å². The van der Waals surface area contributed by atoms with Crippen molar-refractivity contribution in [2.45, 2.75) is 64.3 Å². The van der Waals surface area contributed by atoms with Gasteiger partial charge in [0.1, 0.15) is 17.1 Å². The molecule has 160 valence electrons. The molecule has 0 N–H and O–H groups in total. The third kappa shape index (κ3) is 3.81. The second kappa shape index (κ2) is 8.35. The summed E-state index contributed by atoms with van der Waals surface area (Å²) in [6.07, 6.45) is 6.75. The van der Waals surface area contributed by atoms with E-state index in [4.69, 9.17) is 24.4 Å². The molecule has 4 bridgehead atoms. The Morgan fingerprint density at radius 1 is 1.00 bits per heavy atom. The van der Waals surface area contributed by atoms with Crippen LogP contribution < -0.4 is 4.74 Å². The highest BCUT2D eigenvalue weighted by Crippen LogP contribution is 2.34. The molecule has 1 unspecified atom stereocenters. The Kier molecular flexibility index (Phi) is 5.43. The average Bonchev–Trinajstić information content (AvgIpc) is 3.38. The van der Waals surface area contributed by atoms with Gasteiger partial charge < -0.3 is 14.2 Å². The summed E-state index contributed by atoms with van der Waals surface area (Å²) in [5.41, 5.74) is 2.62. The quantitative estimate of drug-likeness (QED) is 0.599. The van der Waals surface area contributed by atoms with Crippen LogP contribution in [0.3, 0.4) is 0 Å². The molecule has 3 atom stereocenters.